The number of nitrogens with zero attached hydrogens (tertiary/aromatic N) is 2. The predicted octanol–water partition coefficient (Wildman–Crippen LogP) is 7.47. The minimum absolute atomic E-state index is 0.0117. The van der Waals surface area contributed by atoms with Gasteiger partial charge in [0.2, 0.25) is 0 Å². The van der Waals surface area contributed by atoms with Gasteiger partial charge in [-0.25, -0.2) is 9.78 Å². The van der Waals surface area contributed by atoms with Crippen molar-refractivity contribution in [1.82, 2.24) is 4.98 Å². The molecule has 4 aromatic rings. The predicted molar refractivity (Wildman–Crippen MR) is 168 cm³/mol. The van der Waals surface area contributed by atoms with Gasteiger partial charge in [-0.2, -0.15) is 0 Å². The molecule has 2 aromatic heterocycles. The van der Waals surface area contributed by atoms with E-state index in [0.717, 1.165) is 28.1 Å². The van der Waals surface area contributed by atoms with Gasteiger partial charge in [0.1, 0.15) is 0 Å². The highest BCUT2D eigenvalue weighted by atomic mass is 32.1. The Balaban J connectivity index is 1.48. The molecule has 5 rings (SSSR count). The lowest BCUT2D eigenvalue weighted by atomic mass is 9.69. The second kappa shape index (κ2) is 12.0. The number of nitrogens with one attached hydrogen (secondary N) is 1. The third-order valence-corrected chi connectivity index (χ3v) is 8.65. The lowest BCUT2D eigenvalue weighted by Gasteiger charge is -2.36. The number of aromatic nitrogens is 1. The fourth-order valence-corrected chi connectivity index (χ4v) is 6.10. The molecule has 2 heterocycles. The molecule has 1 aliphatic rings. The number of nitro benzene ring substituents is 1. The lowest BCUT2D eigenvalue weighted by molar-refractivity contribution is -0.385. The van der Waals surface area contributed by atoms with Gasteiger partial charge in [-0.3, -0.25) is 14.9 Å². The fourth-order valence-electron chi connectivity index (χ4n) is 5.42. The van der Waals surface area contributed by atoms with Gasteiger partial charge >= 0.3 is 11.7 Å². The molecule has 1 unspecified atom stereocenters. The largest absolute Gasteiger partial charge is 0.490 e. The molecule has 0 saturated carbocycles. The zero-order valence-corrected chi connectivity index (χ0v) is 25.5. The van der Waals surface area contributed by atoms with Crippen molar-refractivity contribution >= 4 is 57.1 Å². The number of esters is 1. The average Bonchev–Trinajstić information content (AvgIpc) is 3.48. The van der Waals surface area contributed by atoms with Crippen LogP contribution < -0.4 is 10.1 Å². The van der Waals surface area contributed by atoms with Crippen molar-refractivity contribution in [2.75, 3.05) is 19.0 Å². The summed E-state index contributed by atoms with van der Waals surface area (Å²) in [6, 6.07) is 14.3. The Kier molecular flexibility index (Phi) is 8.32. The molecule has 222 valence electrons. The topological polar surface area (TPSA) is 121 Å². The number of thiophene rings is 1. The molecule has 0 spiro atoms. The summed E-state index contributed by atoms with van der Waals surface area (Å²) in [6.07, 6.45) is 3.64. The quantitative estimate of drug-likeness (QED) is 0.133. The van der Waals surface area contributed by atoms with E-state index >= 15 is 0 Å². The van der Waals surface area contributed by atoms with Crippen molar-refractivity contribution in [3.63, 3.8) is 0 Å². The summed E-state index contributed by atoms with van der Waals surface area (Å²) in [5.41, 5.74) is 4.36. The molecule has 0 aliphatic heterocycles. The van der Waals surface area contributed by atoms with Gasteiger partial charge in [-0.15, -0.1) is 11.3 Å². The van der Waals surface area contributed by atoms with E-state index in [1.54, 1.807) is 18.3 Å². The zero-order valence-electron chi connectivity index (χ0n) is 24.7. The standard InChI is InChI=1S/C33H33N3O6S/c1-19-13-27(36(39)40)28(41-5)17-26(19)34-29(37)18-42-32(38)30-23-10-6-7-11-25(23)35-31-20(15-22-9-8-12-43-22)14-21(16-24(30)31)33(2,3)4/h6-13,15,17,21H,14,16,18H2,1-5H3,(H,34,37). The number of amides is 1. The third kappa shape index (κ3) is 6.29. The van der Waals surface area contributed by atoms with Crippen LogP contribution in [0.1, 0.15) is 59.2 Å². The number of rotatable bonds is 7. The van der Waals surface area contributed by atoms with Crippen LogP contribution in [-0.2, 0) is 16.0 Å². The number of carbonyl (C=O) groups is 2. The monoisotopic (exact) mass is 599 g/mol. The summed E-state index contributed by atoms with van der Waals surface area (Å²) in [7, 11) is 1.32. The first kappa shape index (κ1) is 29.9. The zero-order chi connectivity index (χ0) is 30.9. The summed E-state index contributed by atoms with van der Waals surface area (Å²) in [5.74, 6) is -0.917. The first-order valence-electron chi connectivity index (χ1n) is 13.9. The normalized spacial score (nSPS) is 15.7. The number of carbonyl (C=O) groups excluding carboxylic acids is 2. The average molecular weight is 600 g/mol. The van der Waals surface area contributed by atoms with E-state index in [0.29, 0.717) is 34.1 Å². The molecular formula is C33H33N3O6S. The molecule has 43 heavy (non-hydrogen) atoms. The van der Waals surface area contributed by atoms with Crippen LogP contribution in [0.3, 0.4) is 0 Å². The number of fused-ring (bicyclic) bond motifs is 2. The van der Waals surface area contributed by atoms with Gasteiger partial charge in [0.05, 0.1) is 28.8 Å². The summed E-state index contributed by atoms with van der Waals surface area (Å²) < 4.78 is 10.7. The summed E-state index contributed by atoms with van der Waals surface area (Å²) in [5, 5.41) is 16.7. The molecule has 0 saturated heterocycles. The van der Waals surface area contributed by atoms with Crippen LogP contribution in [0.5, 0.6) is 5.75 Å². The van der Waals surface area contributed by atoms with Gasteiger partial charge in [0, 0.05) is 28.1 Å². The number of pyridine rings is 1. The van der Waals surface area contributed by atoms with Crippen LogP contribution in [0.4, 0.5) is 11.4 Å². The SMILES string of the molecule is COc1cc(NC(=O)COC(=O)c2c3c(nc4ccccc24)C(=Cc2cccs2)CC(C(C)(C)C)C3)c(C)cc1[N+](=O)[O-]. The maximum atomic E-state index is 13.8. The highest BCUT2D eigenvalue weighted by molar-refractivity contribution is 7.10. The number of hydrogen-bond donors (Lipinski definition) is 1. The second-order valence-electron chi connectivity index (χ2n) is 11.7. The van der Waals surface area contributed by atoms with Crippen LogP contribution in [0.2, 0.25) is 0 Å². The number of aryl methyl sites for hydroxylation is 1. The second-order valence-corrected chi connectivity index (χ2v) is 12.7. The Labute approximate surface area is 253 Å². The molecule has 1 aliphatic carbocycles. The Morgan fingerprint density at radius 1 is 1.16 bits per heavy atom. The smallest absolute Gasteiger partial charge is 0.339 e. The van der Waals surface area contributed by atoms with Gasteiger partial charge in [0.15, 0.2) is 12.4 Å². The van der Waals surface area contributed by atoms with Crippen molar-refractivity contribution in [2.45, 2.75) is 40.5 Å². The number of allylic oxidation sites excluding steroid dienone is 1. The fraction of sp³-hybridized carbons (Fsp3) is 0.303. The number of ether oxygens (including phenoxy) is 2. The van der Waals surface area contributed by atoms with E-state index < -0.39 is 23.4 Å². The van der Waals surface area contributed by atoms with Crippen molar-refractivity contribution < 1.29 is 24.0 Å². The van der Waals surface area contributed by atoms with Gasteiger partial charge in [-0.05, 0) is 71.4 Å². The van der Waals surface area contributed by atoms with Gasteiger partial charge < -0.3 is 14.8 Å². The number of methoxy groups -OCH3 is 1. The Bertz CT molecular complexity index is 1750. The number of hydrogen-bond acceptors (Lipinski definition) is 8. The van der Waals surface area contributed by atoms with Crippen molar-refractivity contribution in [3.8, 4) is 5.75 Å². The molecule has 10 heteroatoms. The first-order valence-corrected chi connectivity index (χ1v) is 14.8. The number of para-hydroxylation sites is 1. The number of nitro groups is 1. The van der Waals surface area contributed by atoms with E-state index in [-0.39, 0.29) is 22.8 Å². The van der Waals surface area contributed by atoms with E-state index in [1.807, 2.05) is 35.7 Å². The third-order valence-electron chi connectivity index (χ3n) is 7.83. The Morgan fingerprint density at radius 2 is 1.93 bits per heavy atom. The molecule has 0 radical (unpaired) electrons. The summed E-state index contributed by atoms with van der Waals surface area (Å²) in [4.78, 5) is 43.6. The maximum absolute atomic E-state index is 13.8. The number of benzene rings is 2. The van der Waals surface area contributed by atoms with E-state index in [2.05, 4.69) is 38.2 Å². The van der Waals surface area contributed by atoms with Crippen LogP contribution in [-0.4, -0.2) is 35.5 Å². The van der Waals surface area contributed by atoms with Crippen LogP contribution in [0.25, 0.3) is 22.6 Å². The summed E-state index contributed by atoms with van der Waals surface area (Å²) in [6.45, 7) is 7.71. The highest BCUT2D eigenvalue weighted by Gasteiger charge is 2.35. The Morgan fingerprint density at radius 3 is 2.60 bits per heavy atom. The van der Waals surface area contributed by atoms with E-state index in [9.17, 15) is 19.7 Å². The van der Waals surface area contributed by atoms with Crippen LogP contribution in [0.15, 0.2) is 53.9 Å². The Hall–Kier alpha value is -4.57. The molecule has 1 N–H and O–H groups in total. The first-order chi connectivity index (χ1) is 20.5. The van der Waals surface area contributed by atoms with Gasteiger partial charge in [-0.1, -0.05) is 45.0 Å². The van der Waals surface area contributed by atoms with Crippen LogP contribution >= 0.6 is 11.3 Å². The molecular weight excluding hydrogens is 566 g/mol. The van der Waals surface area contributed by atoms with Crippen molar-refractivity contribution in [1.29, 1.82) is 0 Å². The molecule has 9 nitrogen and oxygen atoms in total. The highest BCUT2D eigenvalue weighted by Crippen LogP contribution is 2.45. The lowest BCUT2D eigenvalue weighted by Crippen LogP contribution is -2.29. The molecule has 0 bridgehead atoms. The minimum atomic E-state index is -0.604. The van der Waals surface area contributed by atoms with Crippen molar-refractivity contribution in [3.05, 3.63) is 91.3 Å². The molecule has 1 amide bonds. The van der Waals surface area contributed by atoms with Gasteiger partial charge in [0.25, 0.3) is 5.91 Å². The maximum Gasteiger partial charge on any atom is 0.339 e. The summed E-state index contributed by atoms with van der Waals surface area (Å²) >= 11 is 1.65. The minimum Gasteiger partial charge on any atom is -0.490 e. The molecule has 0 fully saturated rings. The molecule has 1 atom stereocenters. The van der Waals surface area contributed by atoms with Crippen LogP contribution in [0, 0.1) is 28.4 Å². The van der Waals surface area contributed by atoms with E-state index in [4.69, 9.17) is 14.5 Å². The van der Waals surface area contributed by atoms with E-state index in [1.165, 1.54) is 19.2 Å². The molecule has 2 aromatic carbocycles. The number of anilines is 1. The van der Waals surface area contributed by atoms with Crippen molar-refractivity contribution in [2.24, 2.45) is 11.3 Å².